The molecule has 29 heavy (non-hydrogen) atoms. The zero-order valence-corrected chi connectivity index (χ0v) is 17.7. The first kappa shape index (κ1) is 18.7. The van der Waals surface area contributed by atoms with Gasteiger partial charge in [0.05, 0.1) is 16.3 Å². The van der Waals surface area contributed by atoms with Crippen LogP contribution in [0.15, 0.2) is 36.8 Å². The third-order valence-electron chi connectivity index (χ3n) is 6.05. The van der Waals surface area contributed by atoms with E-state index in [1.807, 2.05) is 6.20 Å². The summed E-state index contributed by atoms with van der Waals surface area (Å²) < 4.78 is 0. The van der Waals surface area contributed by atoms with Crippen molar-refractivity contribution in [1.29, 1.82) is 0 Å². The molecule has 1 aliphatic heterocycles. The summed E-state index contributed by atoms with van der Waals surface area (Å²) in [7, 11) is 0. The number of aryl methyl sites for hydroxylation is 1. The van der Waals surface area contributed by atoms with Gasteiger partial charge >= 0.3 is 0 Å². The van der Waals surface area contributed by atoms with E-state index in [0.717, 1.165) is 42.7 Å². The maximum absolute atomic E-state index is 5.15. The highest BCUT2D eigenvalue weighted by molar-refractivity contribution is 7.19. The van der Waals surface area contributed by atoms with Gasteiger partial charge < -0.3 is 10.2 Å². The quantitative estimate of drug-likeness (QED) is 0.685. The Kier molecular flexibility index (Phi) is 5.29. The van der Waals surface area contributed by atoms with Crippen molar-refractivity contribution in [3.63, 3.8) is 0 Å². The molecular weight excluding hydrogens is 378 g/mol. The molecule has 5 rings (SSSR count). The van der Waals surface area contributed by atoms with Crippen LogP contribution in [0.3, 0.4) is 0 Å². The lowest BCUT2D eigenvalue weighted by atomic mass is 9.96. The van der Waals surface area contributed by atoms with Crippen LogP contribution in [0.1, 0.15) is 42.7 Å². The second kappa shape index (κ2) is 8.20. The van der Waals surface area contributed by atoms with E-state index in [0.29, 0.717) is 5.92 Å². The van der Waals surface area contributed by atoms with Gasteiger partial charge in [0.25, 0.3) is 0 Å². The number of nitrogens with one attached hydrogen (secondary N) is 1. The van der Waals surface area contributed by atoms with Crippen molar-refractivity contribution >= 4 is 16.5 Å². The minimum Gasteiger partial charge on any atom is -0.346 e. The minimum absolute atomic E-state index is 0.571. The molecule has 1 aliphatic carbocycles. The zero-order chi connectivity index (χ0) is 19.6. The molecule has 3 heterocycles. The van der Waals surface area contributed by atoms with Crippen LogP contribution in [0, 0.1) is 6.92 Å². The molecule has 0 spiro atoms. The fourth-order valence-electron chi connectivity index (χ4n) is 4.51. The second-order valence-corrected chi connectivity index (χ2v) is 9.07. The van der Waals surface area contributed by atoms with Crippen molar-refractivity contribution < 1.29 is 0 Å². The van der Waals surface area contributed by atoms with E-state index in [1.165, 1.54) is 47.3 Å². The fourth-order valence-corrected chi connectivity index (χ4v) is 5.67. The van der Waals surface area contributed by atoms with Crippen LogP contribution in [-0.4, -0.2) is 41.1 Å². The summed E-state index contributed by atoms with van der Waals surface area (Å²) in [4.78, 5) is 17.9. The van der Waals surface area contributed by atoms with Crippen molar-refractivity contribution in [1.82, 2.24) is 20.3 Å². The van der Waals surface area contributed by atoms with Crippen LogP contribution in [0.4, 0.5) is 5.13 Å². The first-order chi connectivity index (χ1) is 14.3. The summed E-state index contributed by atoms with van der Waals surface area (Å²) in [5.41, 5.74) is 5.87. The Labute approximate surface area is 176 Å². The molecule has 1 saturated heterocycles. The third-order valence-corrected chi connectivity index (χ3v) is 7.17. The number of piperazine rings is 1. The molecule has 2 aliphatic rings. The van der Waals surface area contributed by atoms with Crippen LogP contribution >= 0.6 is 11.3 Å². The molecule has 1 N–H and O–H groups in total. The molecule has 2 fully saturated rings. The largest absolute Gasteiger partial charge is 0.346 e. The van der Waals surface area contributed by atoms with Crippen molar-refractivity contribution in [2.45, 2.75) is 38.5 Å². The van der Waals surface area contributed by atoms with Gasteiger partial charge in [0.15, 0.2) is 5.13 Å². The SMILES string of the molecule is Cc1cccc(-c2nc(N3CCNCC3)sc2-c2ncncc2C2CCCC2)c1. The number of anilines is 1. The molecular formula is C23H27N5S. The van der Waals surface area contributed by atoms with E-state index in [9.17, 15) is 0 Å². The van der Waals surface area contributed by atoms with E-state index in [2.05, 4.69) is 46.4 Å². The third kappa shape index (κ3) is 3.79. The van der Waals surface area contributed by atoms with Crippen LogP contribution < -0.4 is 10.2 Å². The number of hydrogen-bond acceptors (Lipinski definition) is 6. The lowest BCUT2D eigenvalue weighted by molar-refractivity contribution is 0.588. The van der Waals surface area contributed by atoms with Crippen molar-refractivity contribution in [3.05, 3.63) is 47.9 Å². The average Bonchev–Trinajstić information content (AvgIpc) is 3.45. The van der Waals surface area contributed by atoms with E-state index in [-0.39, 0.29) is 0 Å². The van der Waals surface area contributed by atoms with Crippen LogP contribution in [-0.2, 0) is 0 Å². The monoisotopic (exact) mass is 405 g/mol. The van der Waals surface area contributed by atoms with Gasteiger partial charge in [0, 0.05) is 43.5 Å². The Bertz CT molecular complexity index is 986. The molecule has 0 unspecified atom stereocenters. The molecule has 1 aromatic carbocycles. The lowest BCUT2D eigenvalue weighted by Gasteiger charge is -2.26. The smallest absolute Gasteiger partial charge is 0.186 e. The van der Waals surface area contributed by atoms with E-state index in [1.54, 1.807) is 17.7 Å². The molecule has 1 saturated carbocycles. The number of benzene rings is 1. The number of hydrogen-bond donors (Lipinski definition) is 1. The highest BCUT2D eigenvalue weighted by atomic mass is 32.1. The molecule has 150 valence electrons. The van der Waals surface area contributed by atoms with Gasteiger partial charge in [-0.15, -0.1) is 0 Å². The molecule has 6 heteroatoms. The van der Waals surface area contributed by atoms with E-state index < -0.39 is 0 Å². The Hall–Kier alpha value is -2.31. The Morgan fingerprint density at radius 1 is 1.10 bits per heavy atom. The molecule has 3 aromatic rings. The van der Waals surface area contributed by atoms with Gasteiger partial charge in [-0.2, -0.15) is 0 Å². The van der Waals surface area contributed by atoms with Gasteiger partial charge in [0.2, 0.25) is 0 Å². The van der Waals surface area contributed by atoms with Gasteiger partial charge in [-0.25, -0.2) is 15.0 Å². The second-order valence-electron chi connectivity index (χ2n) is 8.09. The van der Waals surface area contributed by atoms with E-state index >= 15 is 0 Å². The summed E-state index contributed by atoms with van der Waals surface area (Å²) >= 11 is 1.79. The topological polar surface area (TPSA) is 53.9 Å². The first-order valence-corrected chi connectivity index (χ1v) is 11.4. The molecule has 0 atom stereocenters. The van der Waals surface area contributed by atoms with Gasteiger partial charge in [-0.1, -0.05) is 47.9 Å². The maximum atomic E-state index is 5.15. The maximum Gasteiger partial charge on any atom is 0.186 e. The van der Waals surface area contributed by atoms with Crippen molar-refractivity contribution in [3.8, 4) is 21.8 Å². The highest BCUT2D eigenvalue weighted by Gasteiger charge is 2.26. The Morgan fingerprint density at radius 2 is 1.93 bits per heavy atom. The highest BCUT2D eigenvalue weighted by Crippen LogP contribution is 2.44. The number of rotatable bonds is 4. The summed E-state index contributed by atoms with van der Waals surface area (Å²) in [5, 5.41) is 4.54. The summed E-state index contributed by atoms with van der Waals surface area (Å²) in [6.45, 7) is 6.16. The Morgan fingerprint density at radius 3 is 2.72 bits per heavy atom. The average molecular weight is 406 g/mol. The van der Waals surface area contributed by atoms with Crippen LogP contribution in [0.2, 0.25) is 0 Å². The number of thiazole rings is 1. The van der Waals surface area contributed by atoms with Crippen molar-refractivity contribution in [2.75, 3.05) is 31.1 Å². The predicted molar refractivity (Wildman–Crippen MR) is 120 cm³/mol. The molecule has 2 aromatic heterocycles. The molecule has 0 radical (unpaired) electrons. The number of nitrogens with zero attached hydrogens (tertiary/aromatic N) is 4. The standard InChI is InChI=1S/C23H27N5S/c1-16-5-4-8-18(13-16)20-22(29-23(27-20)28-11-9-24-10-12-28)21-19(14-25-15-26-21)17-6-2-3-7-17/h4-5,8,13-15,17,24H,2-3,6-7,9-12H2,1H3. The molecule has 0 amide bonds. The van der Waals surface area contributed by atoms with Crippen LogP contribution in [0.5, 0.6) is 0 Å². The summed E-state index contributed by atoms with van der Waals surface area (Å²) in [5.74, 6) is 0.571. The van der Waals surface area contributed by atoms with E-state index in [4.69, 9.17) is 9.97 Å². The van der Waals surface area contributed by atoms with Gasteiger partial charge in [-0.05, 0) is 31.7 Å². The fraction of sp³-hybridized carbons (Fsp3) is 0.435. The van der Waals surface area contributed by atoms with Gasteiger partial charge in [0.1, 0.15) is 6.33 Å². The molecule has 5 nitrogen and oxygen atoms in total. The lowest BCUT2D eigenvalue weighted by Crippen LogP contribution is -2.43. The normalized spacial score (nSPS) is 17.8. The minimum atomic E-state index is 0.571. The molecule has 0 bridgehead atoms. The van der Waals surface area contributed by atoms with Crippen LogP contribution in [0.25, 0.3) is 21.8 Å². The summed E-state index contributed by atoms with van der Waals surface area (Å²) in [6.07, 6.45) is 8.82. The zero-order valence-electron chi connectivity index (χ0n) is 16.9. The first-order valence-electron chi connectivity index (χ1n) is 10.6. The van der Waals surface area contributed by atoms with Crippen molar-refractivity contribution in [2.24, 2.45) is 0 Å². The predicted octanol–water partition coefficient (Wildman–Crippen LogP) is 4.64. The number of aromatic nitrogens is 3. The Balaban J connectivity index is 1.64. The summed E-state index contributed by atoms with van der Waals surface area (Å²) in [6, 6.07) is 8.66. The van der Waals surface area contributed by atoms with Gasteiger partial charge in [-0.3, -0.25) is 0 Å².